The lowest BCUT2D eigenvalue weighted by molar-refractivity contribution is -0.143. The Hall–Kier alpha value is -1.52. The number of hydrogen-bond donors (Lipinski definition) is 0. The number of hydrogen-bond acceptors (Lipinski definition) is 3. The van der Waals surface area contributed by atoms with Crippen LogP contribution in [0.15, 0.2) is 12.0 Å². The predicted molar refractivity (Wildman–Crippen MR) is 64.0 cm³/mol. The first-order valence-corrected chi connectivity index (χ1v) is 6.31. The summed E-state index contributed by atoms with van der Waals surface area (Å²) in [6.07, 6.45) is 5.29. The number of Topliss-reactive ketones (excluding diaryl/α,β-unsaturated/α-hetero) is 1. The highest BCUT2D eigenvalue weighted by atomic mass is 19.1. The minimum Gasteiger partial charge on any atom is -0.291 e. The molecule has 1 rings (SSSR count). The van der Waals surface area contributed by atoms with Crippen LogP contribution in [0.25, 0.3) is 0 Å². The first-order chi connectivity index (χ1) is 8.56. The van der Waals surface area contributed by atoms with Crippen molar-refractivity contribution in [3.05, 3.63) is 12.0 Å². The van der Waals surface area contributed by atoms with E-state index in [1.54, 1.807) is 0 Å². The van der Waals surface area contributed by atoms with Crippen molar-refractivity contribution >= 4 is 17.6 Å². The summed E-state index contributed by atoms with van der Waals surface area (Å²) in [5, 5.41) is 0. The summed E-state index contributed by atoms with van der Waals surface area (Å²) in [6.45, 7) is 2.10. The number of ketones is 1. The molecule has 0 fully saturated rings. The SMILES string of the molecule is CCCCCCCC(=O)N1C=C(F)C(=O)CC1=O. The second kappa shape index (κ2) is 7.03. The predicted octanol–water partition coefficient (Wildman–Crippen LogP) is 2.49. The third-order valence-corrected chi connectivity index (χ3v) is 2.85. The van der Waals surface area contributed by atoms with Crippen molar-refractivity contribution in [1.82, 2.24) is 4.90 Å². The molecule has 2 amide bonds. The fourth-order valence-electron chi connectivity index (χ4n) is 1.78. The van der Waals surface area contributed by atoms with Crippen molar-refractivity contribution in [2.45, 2.75) is 51.9 Å². The van der Waals surface area contributed by atoms with Crippen LogP contribution in [-0.2, 0) is 14.4 Å². The zero-order valence-corrected chi connectivity index (χ0v) is 10.6. The summed E-state index contributed by atoms with van der Waals surface area (Å²) in [6, 6.07) is 0. The molecule has 0 spiro atoms. The Morgan fingerprint density at radius 2 is 1.94 bits per heavy atom. The molecule has 0 aromatic carbocycles. The molecule has 0 atom stereocenters. The van der Waals surface area contributed by atoms with E-state index in [0.29, 0.717) is 12.6 Å². The van der Waals surface area contributed by atoms with Gasteiger partial charge in [-0.15, -0.1) is 0 Å². The lowest BCUT2D eigenvalue weighted by Gasteiger charge is -2.19. The molecule has 5 heteroatoms. The molecule has 1 heterocycles. The Labute approximate surface area is 106 Å². The summed E-state index contributed by atoms with van der Waals surface area (Å²) in [7, 11) is 0. The maximum atomic E-state index is 13.0. The van der Waals surface area contributed by atoms with Crippen LogP contribution in [0.5, 0.6) is 0 Å². The number of amides is 2. The molecule has 0 N–H and O–H groups in total. The van der Waals surface area contributed by atoms with Crippen molar-refractivity contribution in [3.63, 3.8) is 0 Å². The van der Waals surface area contributed by atoms with Crippen molar-refractivity contribution in [2.24, 2.45) is 0 Å². The van der Waals surface area contributed by atoms with Gasteiger partial charge in [0, 0.05) is 6.42 Å². The molecule has 0 bridgehead atoms. The highest BCUT2D eigenvalue weighted by Crippen LogP contribution is 2.16. The first-order valence-electron chi connectivity index (χ1n) is 6.31. The van der Waals surface area contributed by atoms with Gasteiger partial charge in [0.25, 0.3) is 0 Å². The Kier molecular flexibility index (Phi) is 5.68. The van der Waals surface area contributed by atoms with Crippen LogP contribution in [0.3, 0.4) is 0 Å². The Morgan fingerprint density at radius 1 is 1.28 bits per heavy atom. The summed E-state index contributed by atoms with van der Waals surface area (Å²) in [5.74, 6) is -2.94. The van der Waals surface area contributed by atoms with Crippen molar-refractivity contribution in [1.29, 1.82) is 0 Å². The van der Waals surface area contributed by atoms with Crippen LogP contribution < -0.4 is 0 Å². The largest absolute Gasteiger partial charge is 0.291 e. The summed E-state index contributed by atoms with van der Waals surface area (Å²) >= 11 is 0. The lowest BCUT2D eigenvalue weighted by Crippen LogP contribution is -2.37. The standard InChI is InChI=1S/C13H18FNO3/c1-2-3-4-5-6-7-12(17)15-9-10(14)11(16)8-13(15)18/h9H,2-8H2,1H3. The third-order valence-electron chi connectivity index (χ3n) is 2.85. The molecule has 4 nitrogen and oxygen atoms in total. The number of halogens is 1. The quantitative estimate of drug-likeness (QED) is 0.541. The second-order valence-corrected chi connectivity index (χ2v) is 4.40. The maximum absolute atomic E-state index is 13.0. The molecule has 18 heavy (non-hydrogen) atoms. The summed E-state index contributed by atoms with van der Waals surface area (Å²) in [4.78, 5) is 34.7. The van der Waals surface area contributed by atoms with Crippen LogP contribution in [0.1, 0.15) is 51.9 Å². The smallest absolute Gasteiger partial charge is 0.241 e. The molecular weight excluding hydrogens is 237 g/mol. The minimum atomic E-state index is -1.02. The van der Waals surface area contributed by atoms with Crippen molar-refractivity contribution in [2.75, 3.05) is 0 Å². The lowest BCUT2D eigenvalue weighted by atomic mass is 10.1. The molecule has 0 radical (unpaired) electrons. The fourth-order valence-corrected chi connectivity index (χ4v) is 1.78. The van der Waals surface area contributed by atoms with Gasteiger partial charge in [-0.2, -0.15) is 0 Å². The number of carbonyl (C=O) groups excluding carboxylic acids is 3. The van der Waals surface area contributed by atoms with Crippen molar-refractivity contribution < 1.29 is 18.8 Å². The number of unbranched alkanes of at least 4 members (excludes halogenated alkanes) is 4. The molecule has 1 aliphatic heterocycles. The van der Waals surface area contributed by atoms with E-state index < -0.39 is 29.8 Å². The first kappa shape index (κ1) is 14.5. The van der Waals surface area contributed by atoms with Crippen LogP contribution in [-0.4, -0.2) is 22.5 Å². The van der Waals surface area contributed by atoms with Gasteiger partial charge in [-0.3, -0.25) is 19.3 Å². The molecule has 0 aromatic rings. The molecule has 0 saturated carbocycles. The zero-order chi connectivity index (χ0) is 13.5. The Morgan fingerprint density at radius 3 is 2.61 bits per heavy atom. The van der Waals surface area contributed by atoms with E-state index in [1.165, 1.54) is 0 Å². The zero-order valence-electron chi connectivity index (χ0n) is 10.6. The van der Waals surface area contributed by atoms with Crippen LogP contribution in [0.4, 0.5) is 4.39 Å². The molecule has 0 unspecified atom stereocenters. The van der Waals surface area contributed by atoms with E-state index in [4.69, 9.17) is 0 Å². The van der Waals surface area contributed by atoms with Crippen LogP contribution in [0.2, 0.25) is 0 Å². The Bertz CT molecular complexity index is 376. The number of imide groups is 1. The molecule has 0 saturated heterocycles. The summed E-state index contributed by atoms with van der Waals surface area (Å²) in [5.41, 5.74) is 0. The van der Waals surface area contributed by atoms with Gasteiger partial charge in [0.2, 0.25) is 17.6 Å². The van der Waals surface area contributed by atoms with E-state index in [1.807, 2.05) is 0 Å². The van der Waals surface area contributed by atoms with E-state index >= 15 is 0 Å². The van der Waals surface area contributed by atoms with E-state index in [9.17, 15) is 18.8 Å². The highest BCUT2D eigenvalue weighted by molar-refractivity contribution is 6.13. The third kappa shape index (κ3) is 4.05. The van der Waals surface area contributed by atoms with Crippen molar-refractivity contribution in [3.8, 4) is 0 Å². The molecule has 100 valence electrons. The maximum Gasteiger partial charge on any atom is 0.241 e. The molecular formula is C13H18FNO3. The topological polar surface area (TPSA) is 54.5 Å². The average Bonchev–Trinajstić information content (AvgIpc) is 2.33. The molecule has 1 aliphatic rings. The average molecular weight is 255 g/mol. The molecule has 0 aromatic heterocycles. The number of nitrogens with zero attached hydrogens (tertiary/aromatic N) is 1. The van der Waals surface area contributed by atoms with Crippen LogP contribution >= 0.6 is 0 Å². The number of rotatable bonds is 6. The van der Waals surface area contributed by atoms with Gasteiger partial charge in [-0.1, -0.05) is 32.6 Å². The minimum absolute atomic E-state index is 0.216. The fraction of sp³-hybridized carbons (Fsp3) is 0.615. The monoisotopic (exact) mass is 255 g/mol. The van der Waals surface area contributed by atoms with Gasteiger partial charge < -0.3 is 0 Å². The van der Waals surface area contributed by atoms with Crippen LogP contribution in [0, 0.1) is 0 Å². The van der Waals surface area contributed by atoms with E-state index in [2.05, 4.69) is 6.92 Å². The van der Waals surface area contributed by atoms with E-state index in [0.717, 1.165) is 30.6 Å². The normalized spacial score (nSPS) is 15.9. The van der Waals surface area contributed by atoms with E-state index in [-0.39, 0.29) is 6.42 Å². The van der Waals surface area contributed by atoms with Gasteiger partial charge >= 0.3 is 0 Å². The van der Waals surface area contributed by atoms with Gasteiger partial charge in [-0.25, -0.2) is 4.39 Å². The number of carbonyl (C=O) groups is 3. The van der Waals surface area contributed by atoms with Gasteiger partial charge in [0.05, 0.1) is 12.6 Å². The second-order valence-electron chi connectivity index (χ2n) is 4.40. The molecule has 0 aliphatic carbocycles. The summed E-state index contributed by atoms with van der Waals surface area (Å²) < 4.78 is 13.0. The van der Waals surface area contributed by atoms with Gasteiger partial charge in [0.1, 0.15) is 0 Å². The van der Waals surface area contributed by atoms with Gasteiger partial charge in [-0.05, 0) is 6.42 Å². The number of allylic oxidation sites excluding steroid dienone is 1. The highest BCUT2D eigenvalue weighted by Gasteiger charge is 2.29. The van der Waals surface area contributed by atoms with Gasteiger partial charge in [0.15, 0.2) is 5.83 Å². The Balaban J connectivity index is 2.42.